The van der Waals surface area contributed by atoms with Gasteiger partial charge in [0.1, 0.15) is 0 Å². The number of rotatable bonds is 1. The number of hydrogen-bond acceptors (Lipinski definition) is 1. The van der Waals surface area contributed by atoms with E-state index >= 15 is 0 Å². The largest absolute Gasteiger partial charge is 0.331 e. The van der Waals surface area contributed by atoms with Crippen molar-refractivity contribution >= 4 is 23.3 Å². The Bertz CT molecular complexity index is 610. The van der Waals surface area contributed by atoms with E-state index in [1.54, 1.807) is 0 Å². The van der Waals surface area contributed by atoms with Crippen LogP contribution < -0.4 is 0 Å². The van der Waals surface area contributed by atoms with Crippen molar-refractivity contribution in [2.45, 2.75) is 39.2 Å². The quantitative estimate of drug-likeness (QED) is 0.737. The lowest BCUT2D eigenvalue weighted by atomic mass is 9.79. The zero-order chi connectivity index (χ0) is 12.7. The summed E-state index contributed by atoms with van der Waals surface area (Å²) >= 11 is 5.51. The van der Waals surface area contributed by atoms with Gasteiger partial charge in [-0.1, -0.05) is 26.0 Å². The Morgan fingerprint density at radius 3 is 2.72 bits per heavy atom. The van der Waals surface area contributed by atoms with Gasteiger partial charge in [0, 0.05) is 6.04 Å². The predicted octanol–water partition coefficient (Wildman–Crippen LogP) is 4.70. The standard InChI is InChI=1S/C15H20N2S/c1-10-7-8-12(9-11(10)2)17-14-6-4-3-5-13(14)16-15(17)18/h3-6,10-12H,7-9H2,1-2H3,(H,16,18). The van der Waals surface area contributed by atoms with Crippen LogP contribution in [-0.4, -0.2) is 9.55 Å². The van der Waals surface area contributed by atoms with Gasteiger partial charge in [-0.05, 0) is 55.4 Å². The van der Waals surface area contributed by atoms with Crippen molar-refractivity contribution in [3.8, 4) is 0 Å². The molecule has 1 aliphatic rings. The minimum absolute atomic E-state index is 0.569. The molecule has 1 fully saturated rings. The molecule has 18 heavy (non-hydrogen) atoms. The molecule has 3 rings (SSSR count). The molecule has 0 saturated heterocycles. The first-order chi connectivity index (χ1) is 8.66. The Hall–Kier alpha value is -1.09. The van der Waals surface area contributed by atoms with Gasteiger partial charge in [0.15, 0.2) is 4.77 Å². The van der Waals surface area contributed by atoms with Crippen LogP contribution in [0.2, 0.25) is 0 Å². The molecule has 1 aromatic carbocycles. The minimum atomic E-state index is 0.569. The first-order valence-corrected chi connectivity index (χ1v) is 7.27. The summed E-state index contributed by atoms with van der Waals surface area (Å²) in [5.41, 5.74) is 2.42. The van der Waals surface area contributed by atoms with E-state index in [-0.39, 0.29) is 0 Å². The van der Waals surface area contributed by atoms with E-state index in [0.29, 0.717) is 6.04 Å². The number of benzene rings is 1. The molecule has 1 heterocycles. The summed E-state index contributed by atoms with van der Waals surface area (Å²) in [6.45, 7) is 4.74. The molecule has 1 aromatic heterocycles. The van der Waals surface area contributed by atoms with Crippen molar-refractivity contribution in [3.63, 3.8) is 0 Å². The van der Waals surface area contributed by atoms with Gasteiger partial charge in [0.05, 0.1) is 11.0 Å². The molecule has 1 N–H and O–H groups in total. The summed E-state index contributed by atoms with van der Waals surface area (Å²) in [6.07, 6.45) is 3.81. The van der Waals surface area contributed by atoms with E-state index in [0.717, 1.165) is 22.1 Å². The molecular weight excluding hydrogens is 240 g/mol. The van der Waals surface area contributed by atoms with E-state index in [4.69, 9.17) is 12.2 Å². The Kier molecular flexibility index (Phi) is 3.02. The van der Waals surface area contributed by atoms with Gasteiger partial charge in [-0.25, -0.2) is 0 Å². The molecule has 3 atom stereocenters. The summed E-state index contributed by atoms with van der Waals surface area (Å²) in [5, 5.41) is 0. The number of para-hydroxylation sites is 2. The molecule has 0 aliphatic heterocycles. The van der Waals surface area contributed by atoms with Gasteiger partial charge in [0.2, 0.25) is 0 Å². The zero-order valence-corrected chi connectivity index (χ0v) is 11.8. The van der Waals surface area contributed by atoms with Crippen molar-refractivity contribution in [1.82, 2.24) is 9.55 Å². The number of nitrogens with one attached hydrogen (secondary N) is 1. The monoisotopic (exact) mass is 260 g/mol. The fraction of sp³-hybridized carbons (Fsp3) is 0.533. The van der Waals surface area contributed by atoms with Gasteiger partial charge >= 0.3 is 0 Å². The number of imidazole rings is 1. The maximum atomic E-state index is 5.51. The van der Waals surface area contributed by atoms with Crippen LogP contribution >= 0.6 is 12.2 Å². The topological polar surface area (TPSA) is 20.7 Å². The number of aromatic nitrogens is 2. The summed E-state index contributed by atoms with van der Waals surface area (Å²) < 4.78 is 3.22. The van der Waals surface area contributed by atoms with Crippen LogP contribution in [0.4, 0.5) is 0 Å². The minimum Gasteiger partial charge on any atom is -0.331 e. The van der Waals surface area contributed by atoms with Gasteiger partial charge in [-0.15, -0.1) is 0 Å². The average Bonchev–Trinajstić information content (AvgIpc) is 2.69. The third-order valence-corrected chi connectivity index (χ3v) is 4.86. The third kappa shape index (κ3) is 1.91. The highest BCUT2D eigenvalue weighted by atomic mass is 32.1. The molecule has 1 saturated carbocycles. The van der Waals surface area contributed by atoms with E-state index in [9.17, 15) is 0 Å². The van der Waals surface area contributed by atoms with Crippen LogP contribution in [0, 0.1) is 16.6 Å². The first kappa shape index (κ1) is 12.0. The fourth-order valence-electron chi connectivity index (χ4n) is 3.19. The third-order valence-electron chi connectivity index (χ3n) is 4.56. The predicted molar refractivity (Wildman–Crippen MR) is 78.3 cm³/mol. The summed E-state index contributed by atoms with van der Waals surface area (Å²) in [5.74, 6) is 1.64. The maximum absolute atomic E-state index is 5.51. The summed E-state index contributed by atoms with van der Waals surface area (Å²) in [4.78, 5) is 3.33. The van der Waals surface area contributed by atoms with Crippen molar-refractivity contribution in [3.05, 3.63) is 29.0 Å². The molecule has 1 aliphatic carbocycles. The SMILES string of the molecule is CC1CCC(n2c(=S)[nH]c3ccccc32)CC1C. The molecule has 0 spiro atoms. The fourth-order valence-corrected chi connectivity index (χ4v) is 3.55. The Labute approximate surface area is 113 Å². The van der Waals surface area contributed by atoms with Crippen LogP contribution in [0.15, 0.2) is 24.3 Å². The molecule has 3 unspecified atom stereocenters. The molecule has 2 aromatic rings. The van der Waals surface area contributed by atoms with Crippen LogP contribution in [0.5, 0.6) is 0 Å². The number of nitrogens with zero attached hydrogens (tertiary/aromatic N) is 1. The number of H-pyrrole nitrogens is 1. The Morgan fingerprint density at radius 2 is 1.94 bits per heavy atom. The summed E-state index contributed by atoms with van der Waals surface area (Å²) in [6, 6.07) is 9.00. The zero-order valence-electron chi connectivity index (χ0n) is 11.0. The van der Waals surface area contributed by atoms with Crippen LogP contribution in [0.1, 0.15) is 39.2 Å². The van der Waals surface area contributed by atoms with Gasteiger partial charge in [-0.2, -0.15) is 0 Å². The van der Waals surface area contributed by atoms with Crippen molar-refractivity contribution < 1.29 is 0 Å². The van der Waals surface area contributed by atoms with Crippen molar-refractivity contribution in [1.29, 1.82) is 0 Å². The van der Waals surface area contributed by atoms with Crippen LogP contribution in [-0.2, 0) is 0 Å². The van der Waals surface area contributed by atoms with E-state index in [1.807, 2.05) is 0 Å². The number of fused-ring (bicyclic) bond motifs is 1. The normalized spacial score (nSPS) is 28.7. The molecule has 0 amide bonds. The highest BCUT2D eigenvalue weighted by molar-refractivity contribution is 7.71. The second-order valence-electron chi connectivity index (χ2n) is 5.74. The van der Waals surface area contributed by atoms with Crippen molar-refractivity contribution in [2.24, 2.45) is 11.8 Å². The van der Waals surface area contributed by atoms with Crippen molar-refractivity contribution in [2.75, 3.05) is 0 Å². The molecule has 0 radical (unpaired) electrons. The average molecular weight is 260 g/mol. The lowest BCUT2D eigenvalue weighted by molar-refractivity contribution is 0.212. The van der Waals surface area contributed by atoms with E-state index in [1.165, 1.54) is 24.8 Å². The van der Waals surface area contributed by atoms with Crippen LogP contribution in [0.3, 0.4) is 0 Å². The highest BCUT2D eigenvalue weighted by Gasteiger charge is 2.26. The second-order valence-corrected chi connectivity index (χ2v) is 6.13. The lowest BCUT2D eigenvalue weighted by Crippen LogP contribution is -2.23. The number of aromatic amines is 1. The Balaban J connectivity index is 2.04. The molecular formula is C15H20N2S. The molecule has 0 bridgehead atoms. The molecule has 96 valence electrons. The maximum Gasteiger partial charge on any atom is 0.178 e. The van der Waals surface area contributed by atoms with E-state index < -0.39 is 0 Å². The summed E-state index contributed by atoms with van der Waals surface area (Å²) in [7, 11) is 0. The van der Waals surface area contributed by atoms with E-state index in [2.05, 4.69) is 47.7 Å². The second kappa shape index (κ2) is 4.54. The smallest absolute Gasteiger partial charge is 0.178 e. The first-order valence-electron chi connectivity index (χ1n) is 6.86. The Morgan fingerprint density at radius 1 is 1.17 bits per heavy atom. The lowest BCUT2D eigenvalue weighted by Gasteiger charge is -2.33. The van der Waals surface area contributed by atoms with Gasteiger partial charge in [-0.3, -0.25) is 0 Å². The highest BCUT2D eigenvalue weighted by Crippen LogP contribution is 2.37. The molecule has 3 heteroatoms. The van der Waals surface area contributed by atoms with Crippen LogP contribution in [0.25, 0.3) is 11.0 Å². The van der Waals surface area contributed by atoms with Gasteiger partial charge in [0.25, 0.3) is 0 Å². The number of hydrogen-bond donors (Lipinski definition) is 1. The molecule has 2 nitrogen and oxygen atoms in total. The van der Waals surface area contributed by atoms with Gasteiger partial charge < -0.3 is 9.55 Å².